The third-order valence-corrected chi connectivity index (χ3v) is 4.01. The number of methoxy groups -OCH3 is 1. The molecular formula is C12H19N3O2S. The van der Waals surface area contributed by atoms with E-state index in [0.717, 1.165) is 37.7 Å². The van der Waals surface area contributed by atoms with Gasteiger partial charge >= 0.3 is 5.97 Å². The van der Waals surface area contributed by atoms with Crippen molar-refractivity contribution in [2.45, 2.75) is 19.9 Å². The van der Waals surface area contributed by atoms with Gasteiger partial charge in [0.05, 0.1) is 13.0 Å². The highest BCUT2D eigenvalue weighted by Crippen LogP contribution is 2.23. The molecule has 1 unspecified atom stereocenters. The van der Waals surface area contributed by atoms with Gasteiger partial charge in [-0.05, 0) is 19.9 Å². The Morgan fingerprint density at radius 2 is 2.56 bits per heavy atom. The van der Waals surface area contributed by atoms with E-state index >= 15 is 0 Å². The molecule has 18 heavy (non-hydrogen) atoms. The van der Waals surface area contributed by atoms with E-state index in [1.807, 2.05) is 6.20 Å². The Hall–Kier alpha value is -1.14. The van der Waals surface area contributed by atoms with E-state index in [1.54, 1.807) is 11.3 Å². The van der Waals surface area contributed by atoms with Crippen molar-refractivity contribution in [1.29, 1.82) is 0 Å². The largest absolute Gasteiger partial charge is 0.469 e. The molecule has 1 aliphatic heterocycles. The predicted octanol–water partition coefficient (Wildman–Crippen LogP) is 1.57. The van der Waals surface area contributed by atoms with Crippen molar-refractivity contribution in [2.75, 3.05) is 32.1 Å². The van der Waals surface area contributed by atoms with E-state index in [0.29, 0.717) is 0 Å². The minimum absolute atomic E-state index is 0.0381. The number of hydrogen-bond acceptors (Lipinski definition) is 6. The highest BCUT2D eigenvalue weighted by molar-refractivity contribution is 7.15. The van der Waals surface area contributed by atoms with Crippen LogP contribution in [-0.2, 0) is 16.1 Å². The lowest BCUT2D eigenvalue weighted by Gasteiger charge is -2.13. The maximum Gasteiger partial charge on any atom is 0.310 e. The van der Waals surface area contributed by atoms with Crippen molar-refractivity contribution in [1.82, 2.24) is 9.88 Å². The Bertz CT molecular complexity index is 408. The van der Waals surface area contributed by atoms with Crippen LogP contribution in [0, 0.1) is 5.92 Å². The highest BCUT2D eigenvalue weighted by atomic mass is 32.1. The fourth-order valence-electron chi connectivity index (χ4n) is 2.17. The van der Waals surface area contributed by atoms with Gasteiger partial charge in [0.1, 0.15) is 0 Å². The van der Waals surface area contributed by atoms with Crippen molar-refractivity contribution in [3.8, 4) is 0 Å². The van der Waals surface area contributed by atoms with Crippen LogP contribution in [0.25, 0.3) is 0 Å². The average molecular weight is 269 g/mol. The van der Waals surface area contributed by atoms with Crippen LogP contribution in [0.3, 0.4) is 0 Å². The molecule has 1 saturated heterocycles. The number of nitrogens with zero attached hydrogens (tertiary/aromatic N) is 2. The molecule has 2 heterocycles. The minimum atomic E-state index is -0.0878. The van der Waals surface area contributed by atoms with E-state index < -0.39 is 0 Å². The lowest BCUT2D eigenvalue weighted by molar-refractivity contribution is -0.144. The number of carbonyl (C=O) groups is 1. The number of thiazole rings is 1. The zero-order valence-corrected chi connectivity index (χ0v) is 11.6. The van der Waals surface area contributed by atoms with Gasteiger partial charge in [0, 0.05) is 30.7 Å². The molecule has 5 nitrogen and oxygen atoms in total. The van der Waals surface area contributed by atoms with E-state index in [1.165, 1.54) is 12.0 Å². The Kier molecular flexibility index (Phi) is 4.54. The summed E-state index contributed by atoms with van der Waals surface area (Å²) in [6.45, 7) is 5.56. The third kappa shape index (κ3) is 3.20. The normalized spacial score (nSPS) is 20.0. The molecule has 0 aromatic carbocycles. The smallest absolute Gasteiger partial charge is 0.310 e. The summed E-state index contributed by atoms with van der Waals surface area (Å²) in [6.07, 6.45) is 2.81. The summed E-state index contributed by atoms with van der Waals surface area (Å²) in [5.74, 6) is -0.0497. The number of nitrogens with one attached hydrogen (secondary N) is 1. The van der Waals surface area contributed by atoms with Crippen LogP contribution in [0.1, 0.15) is 18.2 Å². The van der Waals surface area contributed by atoms with Crippen LogP contribution in [0.4, 0.5) is 5.13 Å². The molecule has 0 spiro atoms. The molecule has 0 radical (unpaired) electrons. The first-order valence-electron chi connectivity index (χ1n) is 6.21. The van der Waals surface area contributed by atoms with Crippen LogP contribution < -0.4 is 5.32 Å². The van der Waals surface area contributed by atoms with Crippen LogP contribution in [0.15, 0.2) is 6.20 Å². The number of anilines is 1. The fraction of sp³-hybridized carbons (Fsp3) is 0.667. The molecular weight excluding hydrogens is 250 g/mol. The predicted molar refractivity (Wildman–Crippen MR) is 71.7 cm³/mol. The molecule has 0 saturated carbocycles. The van der Waals surface area contributed by atoms with Gasteiger partial charge in [-0.2, -0.15) is 0 Å². The van der Waals surface area contributed by atoms with Crippen molar-refractivity contribution < 1.29 is 9.53 Å². The first-order valence-corrected chi connectivity index (χ1v) is 7.03. The molecule has 100 valence electrons. The summed E-state index contributed by atoms with van der Waals surface area (Å²) in [5.41, 5.74) is 0. The monoisotopic (exact) mass is 269 g/mol. The van der Waals surface area contributed by atoms with E-state index in [2.05, 4.69) is 22.1 Å². The molecule has 0 bridgehead atoms. The summed E-state index contributed by atoms with van der Waals surface area (Å²) in [5, 5.41) is 4.17. The molecule has 1 aliphatic rings. The molecule has 0 amide bonds. The number of hydrogen-bond donors (Lipinski definition) is 1. The van der Waals surface area contributed by atoms with Crippen molar-refractivity contribution in [3.05, 3.63) is 11.1 Å². The Morgan fingerprint density at radius 1 is 1.72 bits per heavy atom. The number of aromatic nitrogens is 1. The van der Waals surface area contributed by atoms with Crippen molar-refractivity contribution in [3.63, 3.8) is 0 Å². The standard InChI is InChI=1S/C12H19N3O2S/c1-3-13-12-14-6-10(18-12)8-15-5-4-9(7-15)11(16)17-2/h6,9H,3-5,7-8H2,1-2H3,(H,13,14). The van der Waals surface area contributed by atoms with Gasteiger partial charge in [0.15, 0.2) is 5.13 Å². The second kappa shape index (κ2) is 6.15. The van der Waals surface area contributed by atoms with E-state index in [-0.39, 0.29) is 11.9 Å². The van der Waals surface area contributed by atoms with E-state index in [9.17, 15) is 4.79 Å². The first kappa shape index (κ1) is 13.3. The van der Waals surface area contributed by atoms with Gasteiger partial charge < -0.3 is 10.1 Å². The summed E-state index contributed by atoms with van der Waals surface area (Å²) in [4.78, 5) is 19.3. The fourth-order valence-corrected chi connectivity index (χ4v) is 3.09. The van der Waals surface area contributed by atoms with Crippen molar-refractivity contribution >= 4 is 22.4 Å². The topological polar surface area (TPSA) is 54.5 Å². The van der Waals surface area contributed by atoms with Gasteiger partial charge in [0.2, 0.25) is 0 Å². The maximum absolute atomic E-state index is 11.4. The highest BCUT2D eigenvalue weighted by Gasteiger charge is 2.29. The zero-order valence-electron chi connectivity index (χ0n) is 10.8. The molecule has 2 rings (SSSR count). The van der Waals surface area contributed by atoms with Gasteiger partial charge in [-0.25, -0.2) is 4.98 Å². The Labute approximate surface area is 111 Å². The van der Waals surface area contributed by atoms with Crippen LogP contribution in [0.5, 0.6) is 0 Å². The SMILES string of the molecule is CCNc1ncc(CN2CCC(C(=O)OC)C2)s1. The second-order valence-corrected chi connectivity index (χ2v) is 5.52. The Morgan fingerprint density at radius 3 is 3.28 bits per heavy atom. The number of rotatable bonds is 5. The summed E-state index contributed by atoms with van der Waals surface area (Å²) < 4.78 is 4.78. The van der Waals surface area contributed by atoms with Crippen LogP contribution in [-0.4, -0.2) is 42.6 Å². The zero-order chi connectivity index (χ0) is 13.0. The van der Waals surface area contributed by atoms with Gasteiger partial charge in [-0.15, -0.1) is 11.3 Å². The number of likely N-dealkylation sites (tertiary alicyclic amines) is 1. The van der Waals surface area contributed by atoms with Crippen molar-refractivity contribution in [2.24, 2.45) is 5.92 Å². The average Bonchev–Trinajstić information content (AvgIpc) is 2.99. The summed E-state index contributed by atoms with van der Waals surface area (Å²) in [7, 11) is 1.46. The summed E-state index contributed by atoms with van der Waals surface area (Å²) in [6, 6.07) is 0. The minimum Gasteiger partial charge on any atom is -0.469 e. The molecule has 1 atom stereocenters. The van der Waals surface area contributed by atoms with E-state index in [4.69, 9.17) is 4.74 Å². The van der Waals surface area contributed by atoms with Gasteiger partial charge in [-0.1, -0.05) is 0 Å². The van der Waals surface area contributed by atoms with Crippen LogP contribution in [0.2, 0.25) is 0 Å². The molecule has 0 aliphatic carbocycles. The number of esters is 1. The van der Waals surface area contributed by atoms with Crippen LogP contribution >= 0.6 is 11.3 Å². The third-order valence-electron chi connectivity index (χ3n) is 3.07. The number of ether oxygens (including phenoxy) is 1. The molecule has 1 aromatic rings. The van der Waals surface area contributed by atoms with Gasteiger partial charge in [-0.3, -0.25) is 9.69 Å². The molecule has 1 N–H and O–H groups in total. The molecule has 1 fully saturated rings. The van der Waals surface area contributed by atoms with Gasteiger partial charge in [0.25, 0.3) is 0 Å². The maximum atomic E-state index is 11.4. The quantitative estimate of drug-likeness (QED) is 0.822. The lowest BCUT2D eigenvalue weighted by Crippen LogP contribution is -2.23. The molecule has 6 heteroatoms. The Balaban J connectivity index is 1.85. The number of carbonyl (C=O) groups excluding carboxylic acids is 1. The summed E-state index contributed by atoms with van der Waals surface area (Å²) >= 11 is 1.68. The lowest BCUT2D eigenvalue weighted by atomic mass is 10.1. The second-order valence-electron chi connectivity index (χ2n) is 4.41. The first-order chi connectivity index (χ1) is 8.72. The molecule has 1 aromatic heterocycles.